The highest BCUT2D eigenvalue weighted by atomic mass is 32.1. The fraction of sp³-hybridized carbons (Fsp3) is 0.0500. The van der Waals surface area contributed by atoms with Crippen LogP contribution < -0.4 is 9.75 Å². The van der Waals surface area contributed by atoms with Gasteiger partial charge in [-0.15, -0.1) is 0 Å². The Balaban J connectivity index is 1.75. The van der Waals surface area contributed by atoms with Crippen molar-refractivity contribution in [1.82, 2.24) is 4.98 Å². The number of aromatic nitrogens is 1. The van der Waals surface area contributed by atoms with Crippen molar-refractivity contribution in [3.05, 3.63) is 81.0 Å². The Labute approximate surface area is 183 Å². The van der Waals surface area contributed by atoms with E-state index < -0.39 is 16.6 Å². The molecule has 2 heterocycles. The van der Waals surface area contributed by atoms with Gasteiger partial charge in [-0.2, -0.15) is 10.1 Å². The molecule has 0 spiro atoms. The summed E-state index contributed by atoms with van der Waals surface area (Å²) in [6.07, 6.45) is 1.35. The van der Waals surface area contributed by atoms with Crippen molar-refractivity contribution < 1.29 is 18.8 Å². The van der Waals surface area contributed by atoms with E-state index in [1.807, 2.05) is 0 Å². The molecule has 0 bridgehead atoms. The number of ether oxygens (including phenoxy) is 1. The quantitative estimate of drug-likeness (QED) is 0.229. The molecular formula is C20H13FN4O4S2. The summed E-state index contributed by atoms with van der Waals surface area (Å²) in [6, 6.07) is 13.6. The van der Waals surface area contributed by atoms with Crippen LogP contribution in [0.25, 0.3) is 10.2 Å². The third kappa shape index (κ3) is 4.42. The highest BCUT2D eigenvalue weighted by Crippen LogP contribution is 2.31. The van der Waals surface area contributed by atoms with Crippen LogP contribution in [0.3, 0.4) is 0 Å². The molecule has 0 atom stereocenters. The standard InChI is InChI=1S/C20H13FN4O4S2/c1-29-14-4-2-3-12(9-14)19(26)24(22-11-15-6-8-18(30-15)25(27)28)20-23-16-7-5-13(21)10-17(16)31-20/h2-11H,1H3/b22-11+. The lowest BCUT2D eigenvalue weighted by atomic mass is 10.2. The van der Waals surface area contributed by atoms with Crippen LogP contribution in [0.4, 0.5) is 14.5 Å². The lowest BCUT2D eigenvalue weighted by Gasteiger charge is -2.14. The maximum absolute atomic E-state index is 13.6. The summed E-state index contributed by atoms with van der Waals surface area (Å²) in [5.41, 5.74) is 0.825. The minimum atomic E-state index is -0.497. The highest BCUT2D eigenvalue weighted by Gasteiger charge is 2.22. The molecule has 0 aliphatic carbocycles. The summed E-state index contributed by atoms with van der Waals surface area (Å²) >= 11 is 2.03. The van der Waals surface area contributed by atoms with Gasteiger partial charge in [-0.3, -0.25) is 14.9 Å². The lowest BCUT2D eigenvalue weighted by Crippen LogP contribution is -2.25. The summed E-state index contributed by atoms with van der Waals surface area (Å²) in [5.74, 6) is -0.404. The Morgan fingerprint density at radius 2 is 2.06 bits per heavy atom. The number of benzene rings is 2. The first-order valence-corrected chi connectivity index (χ1v) is 10.4. The van der Waals surface area contributed by atoms with E-state index in [1.54, 1.807) is 24.3 Å². The predicted molar refractivity (Wildman–Crippen MR) is 118 cm³/mol. The first-order chi connectivity index (χ1) is 14.9. The van der Waals surface area contributed by atoms with Crippen LogP contribution >= 0.6 is 22.7 Å². The Morgan fingerprint density at radius 1 is 1.23 bits per heavy atom. The molecule has 2 aromatic carbocycles. The van der Waals surface area contributed by atoms with Crippen molar-refractivity contribution in [2.45, 2.75) is 0 Å². The van der Waals surface area contributed by atoms with E-state index >= 15 is 0 Å². The molecule has 0 saturated heterocycles. The second kappa shape index (κ2) is 8.58. The second-order valence-corrected chi connectivity index (χ2v) is 8.24. The third-order valence-corrected chi connectivity index (χ3v) is 6.09. The number of carbonyl (C=O) groups excluding carboxylic acids is 1. The number of rotatable bonds is 6. The van der Waals surface area contributed by atoms with E-state index in [4.69, 9.17) is 4.74 Å². The van der Waals surface area contributed by atoms with E-state index in [-0.39, 0.29) is 10.1 Å². The molecule has 0 saturated carbocycles. The molecule has 4 aromatic rings. The smallest absolute Gasteiger partial charge is 0.324 e. The summed E-state index contributed by atoms with van der Waals surface area (Å²) < 4.78 is 19.3. The summed E-state index contributed by atoms with van der Waals surface area (Å²) in [6.45, 7) is 0. The van der Waals surface area contributed by atoms with Gasteiger partial charge >= 0.3 is 5.00 Å². The average molecular weight is 456 g/mol. The number of nitrogens with zero attached hydrogens (tertiary/aromatic N) is 4. The van der Waals surface area contributed by atoms with Crippen molar-refractivity contribution in [2.24, 2.45) is 5.10 Å². The van der Waals surface area contributed by atoms with E-state index in [0.29, 0.717) is 26.4 Å². The maximum Gasteiger partial charge on any atom is 0.324 e. The number of fused-ring (bicyclic) bond motifs is 1. The van der Waals surface area contributed by atoms with Crippen LogP contribution in [0.2, 0.25) is 0 Å². The fourth-order valence-corrected chi connectivity index (χ4v) is 4.30. The first-order valence-electron chi connectivity index (χ1n) is 8.77. The second-order valence-electron chi connectivity index (χ2n) is 6.14. The van der Waals surface area contributed by atoms with Gasteiger partial charge < -0.3 is 4.74 Å². The fourth-order valence-electron chi connectivity index (χ4n) is 2.67. The van der Waals surface area contributed by atoms with Gasteiger partial charge in [0.15, 0.2) is 0 Å². The molecule has 156 valence electrons. The Hall–Kier alpha value is -3.70. The number of methoxy groups -OCH3 is 1. The van der Waals surface area contributed by atoms with Gasteiger partial charge in [0.1, 0.15) is 11.6 Å². The molecule has 0 unspecified atom stereocenters. The van der Waals surface area contributed by atoms with Crippen LogP contribution in [-0.2, 0) is 0 Å². The summed E-state index contributed by atoms with van der Waals surface area (Å²) in [4.78, 5) is 28.5. The van der Waals surface area contributed by atoms with E-state index in [9.17, 15) is 19.3 Å². The van der Waals surface area contributed by atoms with Crippen molar-refractivity contribution in [1.29, 1.82) is 0 Å². The predicted octanol–water partition coefficient (Wildman–Crippen LogP) is 5.09. The third-order valence-electron chi connectivity index (χ3n) is 4.12. The van der Waals surface area contributed by atoms with Gasteiger partial charge in [0, 0.05) is 11.6 Å². The van der Waals surface area contributed by atoms with Crippen LogP contribution in [-0.4, -0.2) is 29.1 Å². The average Bonchev–Trinajstić information content (AvgIpc) is 3.40. The highest BCUT2D eigenvalue weighted by molar-refractivity contribution is 7.22. The van der Waals surface area contributed by atoms with Gasteiger partial charge in [0.25, 0.3) is 5.91 Å². The minimum Gasteiger partial charge on any atom is -0.497 e. The van der Waals surface area contributed by atoms with Gasteiger partial charge in [0.2, 0.25) is 5.13 Å². The Morgan fingerprint density at radius 3 is 2.81 bits per heavy atom. The van der Waals surface area contributed by atoms with Crippen molar-refractivity contribution in [2.75, 3.05) is 12.1 Å². The number of hydrogen-bond acceptors (Lipinski definition) is 8. The molecular weight excluding hydrogens is 443 g/mol. The molecule has 31 heavy (non-hydrogen) atoms. The molecule has 0 aliphatic heterocycles. The lowest BCUT2D eigenvalue weighted by molar-refractivity contribution is -0.380. The number of hydrazone groups is 1. The molecule has 1 amide bonds. The topological polar surface area (TPSA) is 97.9 Å². The zero-order valence-corrected chi connectivity index (χ0v) is 17.5. The van der Waals surface area contributed by atoms with Gasteiger partial charge in [-0.05, 0) is 42.5 Å². The normalized spacial score (nSPS) is 11.2. The number of hydrogen-bond donors (Lipinski definition) is 0. The van der Waals surface area contributed by atoms with Crippen LogP contribution in [0.5, 0.6) is 5.75 Å². The van der Waals surface area contributed by atoms with Crippen molar-refractivity contribution >= 4 is 55.1 Å². The summed E-state index contributed by atoms with van der Waals surface area (Å²) in [7, 11) is 1.49. The van der Waals surface area contributed by atoms with E-state index in [2.05, 4.69) is 10.1 Å². The molecule has 0 N–H and O–H groups in total. The Kier molecular flexibility index (Phi) is 5.69. The number of anilines is 1. The van der Waals surface area contributed by atoms with Crippen LogP contribution in [0.15, 0.2) is 59.7 Å². The van der Waals surface area contributed by atoms with Crippen molar-refractivity contribution in [3.63, 3.8) is 0 Å². The molecule has 0 radical (unpaired) electrons. The van der Waals surface area contributed by atoms with Crippen LogP contribution in [0.1, 0.15) is 15.2 Å². The maximum atomic E-state index is 13.6. The molecule has 0 aliphatic rings. The van der Waals surface area contributed by atoms with Gasteiger partial charge in [0.05, 0.1) is 33.3 Å². The number of carbonyl (C=O) groups is 1. The largest absolute Gasteiger partial charge is 0.497 e. The number of halogens is 1. The molecule has 8 nitrogen and oxygen atoms in total. The molecule has 0 fully saturated rings. The molecule has 2 aromatic heterocycles. The van der Waals surface area contributed by atoms with Crippen LogP contribution in [0, 0.1) is 15.9 Å². The summed E-state index contributed by atoms with van der Waals surface area (Å²) in [5, 5.41) is 16.4. The SMILES string of the molecule is COc1cccc(C(=O)N(/N=C/c2ccc([N+](=O)[O-])s2)c2nc3ccc(F)cc3s2)c1. The number of amides is 1. The zero-order chi connectivity index (χ0) is 22.0. The van der Waals surface area contributed by atoms with E-state index in [0.717, 1.165) is 27.7 Å². The minimum absolute atomic E-state index is 0.0393. The number of nitro groups is 1. The monoisotopic (exact) mass is 456 g/mol. The zero-order valence-electron chi connectivity index (χ0n) is 15.9. The van der Waals surface area contributed by atoms with Gasteiger partial charge in [-0.25, -0.2) is 9.37 Å². The van der Waals surface area contributed by atoms with E-state index in [1.165, 1.54) is 43.7 Å². The first kappa shape index (κ1) is 20.6. The van der Waals surface area contributed by atoms with Gasteiger partial charge in [-0.1, -0.05) is 28.7 Å². The number of thiazole rings is 1. The number of thiophene rings is 1. The van der Waals surface area contributed by atoms with Crippen molar-refractivity contribution in [3.8, 4) is 5.75 Å². The Bertz CT molecular complexity index is 1320. The molecule has 11 heteroatoms. The molecule has 4 rings (SSSR count).